The quantitative estimate of drug-likeness (QED) is 0.799. The smallest absolute Gasteiger partial charge is 0.238 e. The summed E-state index contributed by atoms with van der Waals surface area (Å²) in [5, 5.41) is 6.23. The molecule has 0 heterocycles. The fourth-order valence-electron chi connectivity index (χ4n) is 2.34. The fraction of sp³-hybridized carbons (Fsp3) is 0.278. The molecule has 2 aromatic rings. The number of halogens is 1. The van der Waals surface area contributed by atoms with Crippen molar-refractivity contribution in [1.29, 1.82) is 0 Å². The molecule has 0 aromatic heterocycles. The van der Waals surface area contributed by atoms with Gasteiger partial charge in [-0.3, -0.25) is 4.79 Å². The summed E-state index contributed by atoms with van der Waals surface area (Å²) in [5.41, 5.74) is 3.16. The van der Waals surface area contributed by atoms with Gasteiger partial charge in [-0.15, -0.1) is 0 Å². The molecule has 0 radical (unpaired) electrons. The third-order valence-electron chi connectivity index (χ3n) is 3.49. The monoisotopic (exact) mass is 360 g/mol. The number of carbonyl (C=O) groups is 1. The molecule has 0 unspecified atom stereocenters. The van der Waals surface area contributed by atoms with E-state index in [9.17, 15) is 4.79 Å². The van der Waals surface area contributed by atoms with E-state index in [4.69, 9.17) is 0 Å². The Labute approximate surface area is 140 Å². The number of rotatable bonds is 6. The lowest BCUT2D eigenvalue weighted by molar-refractivity contribution is -0.115. The highest BCUT2D eigenvalue weighted by atomic mass is 79.9. The van der Waals surface area contributed by atoms with Crippen molar-refractivity contribution in [3.05, 3.63) is 64.1 Å². The molecule has 22 heavy (non-hydrogen) atoms. The summed E-state index contributed by atoms with van der Waals surface area (Å²) in [6.45, 7) is 4.41. The molecule has 0 aliphatic heterocycles. The minimum absolute atomic E-state index is 0.0267. The van der Waals surface area contributed by atoms with Crippen LogP contribution in [0, 0.1) is 6.92 Å². The van der Waals surface area contributed by atoms with Gasteiger partial charge in [0.2, 0.25) is 5.91 Å². The molecule has 0 saturated heterocycles. The maximum Gasteiger partial charge on any atom is 0.238 e. The van der Waals surface area contributed by atoms with Crippen LogP contribution >= 0.6 is 15.9 Å². The van der Waals surface area contributed by atoms with Crippen molar-refractivity contribution in [2.75, 3.05) is 11.9 Å². The molecule has 4 heteroatoms. The molecular weight excluding hydrogens is 340 g/mol. The van der Waals surface area contributed by atoms with Crippen LogP contribution in [0.15, 0.2) is 53.0 Å². The Morgan fingerprint density at radius 2 is 1.91 bits per heavy atom. The average molecular weight is 361 g/mol. The number of anilines is 1. The van der Waals surface area contributed by atoms with Crippen molar-refractivity contribution in [1.82, 2.24) is 5.32 Å². The van der Waals surface area contributed by atoms with Crippen LogP contribution in [0.25, 0.3) is 0 Å². The third-order valence-corrected chi connectivity index (χ3v) is 4.02. The van der Waals surface area contributed by atoms with Crippen LogP contribution in [-0.4, -0.2) is 12.5 Å². The first-order valence-electron chi connectivity index (χ1n) is 7.44. The van der Waals surface area contributed by atoms with E-state index in [1.165, 1.54) is 5.56 Å². The van der Waals surface area contributed by atoms with Gasteiger partial charge in [0.15, 0.2) is 0 Å². The number of carbonyl (C=O) groups excluding carboxylic acids is 1. The Kier molecular flexibility index (Phi) is 6.16. The summed E-state index contributed by atoms with van der Waals surface area (Å²) in [6, 6.07) is 16.2. The lowest BCUT2D eigenvalue weighted by Crippen LogP contribution is -2.31. The van der Waals surface area contributed by atoms with Gasteiger partial charge in [0, 0.05) is 16.2 Å². The topological polar surface area (TPSA) is 41.1 Å². The maximum atomic E-state index is 12.0. The van der Waals surface area contributed by atoms with Crippen LogP contribution in [0.2, 0.25) is 0 Å². The molecule has 2 rings (SSSR count). The summed E-state index contributed by atoms with van der Waals surface area (Å²) in [5.74, 6) is -0.0267. The van der Waals surface area contributed by atoms with Crippen molar-refractivity contribution in [2.45, 2.75) is 26.3 Å². The van der Waals surface area contributed by atoms with Gasteiger partial charge in [-0.05, 0) is 48.7 Å². The van der Waals surface area contributed by atoms with Gasteiger partial charge in [-0.1, -0.05) is 47.1 Å². The van der Waals surface area contributed by atoms with Crippen molar-refractivity contribution in [3.8, 4) is 0 Å². The lowest BCUT2D eigenvalue weighted by Gasteiger charge is -2.17. The summed E-state index contributed by atoms with van der Waals surface area (Å²) in [6.07, 6.45) is 0.930. The zero-order valence-corrected chi connectivity index (χ0v) is 14.5. The first kappa shape index (κ1) is 16.7. The normalized spacial score (nSPS) is 12.0. The second kappa shape index (κ2) is 8.11. The molecule has 1 atom stereocenters. The van der Waals surface area contributed by atoms with Crippen LogP contribution in [0.4, 0.5) is 5.69 Å². The summed E-state index contributed by atoms with van der Waals surface area (Å²) >= 11 is 3.44. The van der Waals surface area contributed by atoms with E-state index < -0.39 is 0 Å². The van der Waals surface area contributed by atoms with E-state index in [0.717, 1.165) is 22.1 Å². The number of hydrogen-bond acceptors (Lipinski definition) is 2. The molecule has 2 N–H and O–H groups in total. The molecule has 0 aliphatic carbocycles. The highest BCUT2D eigenvalue weighted by Crippen LogP contribution is 2.19. The van der Waals surface area contributed by atoms with E-state index in [1.807, 2.05) is 43.3 Å². The first-order chi connectivity index (χ1) is 10.6. The predicted molar refractivity (Wildman–Crippen MR) is 95.0 cm³/mol. The van der Waals surface area contributed by atoms with E-state index >= 15 is 0 Å². The Morgan fingerprint density at radius 3 is 2.55 bits per heavy atom. The van der Waals surface area contributed by atoms with E-state index in [2.05, 4.69) is 45.6 Å². The fourth-order valence-corrected chi connectivity index (χ4v) is 2.60. The van der Waals surface area contributed by atoms with Gasteiger partial charge in [0.1, 0.15) is 0 Å². The molecule has 0 spiro atoms. The van der Waals surface area contributed by atoms with Gasteiger partial charge in [-0.25, -0.2) is 0 Å². The van der Waals surface area contributed by atoms with E-state index in [0.29, 0.717) is 6.54 Å². The van der Waals surface area contributed by atoms with Gasteiger partial charge >= 0.3 is 0 Å². The van der Waals surface area contributed by atoms with Crippen molar-refractivity contribution in [2.24, 2.45) is 0 Å². The second-order valence-electron chi connectivity index (χ2n) is 5.31. The number of aryl methyl sites for hydroxylation is 1. The van der Waals surface area contributed by atoms with Crippen LogP contribution in [0.1, 0.15) is 30.5 Å². The summed E-state index contributed by atoms with van der Waals surface area (Å²) in [4.78, 5) is 12.0. The predicted octanol–water partition coefficient (Wildman–Crippen LogP) is 4.44. The first-order valence-corrected chi connectivity index (χ1v) is 8.23. The highest BCUT2D eigenvalue weighted by Gasteiger charge is 2.11. The van der Waals surface area contributed by atoms with Crippen LogP contribution in [0.3, 0.4) is 0 Å². The molecule has 0 saturated carbocycles. The van der Waals surface area contributed by atoms with Gasteiger partial charge in [-0.2, -0.15) is 0 Å². The van der Waals surface area contributed by atoms with Crippen LogP contribution in [-0.2, 0) is 4.79 Å². The SMILES string of the molecule is CC[C@@H](NCC(=O)Nc1cccc(C)c1)c1ccc(Br)cc1. The van der Waals surface area contributed by atoms with Gasteiger partial charge < -0.3 is 10.6 Å². The van der Waals surface area contributed by atoms with Crippen molar-refractivity contribution >= 4 is 27.5 Å². The largest absolute Gasteiger partial charge is 0.325 e. The zero-order valence-electron chi connectivity index (χ0n) is 12.9. The Morgan fingerprint density at radius 1 is 1.18 bits per heavy atom. The Balaban J connectivity index is 1.90. The van der Waals surface area contributed by atoms with Crippen LogP contribution < -0.4 is 10.6 Å². The van der Waals surface area contributed by atoms with Crippen LogP contribution in [0.5, 0.6) is 0 Å². The van der Waals surface area contributed by atoms with Crippen molar-refractivity contribution in [3.63, 3.8) is 0 Å². The molecule has 3 nitrogen and oxygen atoms in total. The van der Waals surface area contributed by atoms with E-state index in [-0.39, 0.29) is 11.9 Å². The third kappa shape index (κ3) is 4.97. The second-order valence-corrected chi connectivity index (χ2v) is 6.23. The number of benzene rings is 2. The molecule has 116 valence electrons. The van der Waals surface area contributed by atoms with Gasteiger partial charge in [0.25, 0.3) is 0 Å². The maximum absolute atomic E-state index is 12.0. The minimum atomic E-state index is -0.0267. The lowest BCUT2D eigenvalue weighted by atomic mass is 10.0. The number of amides is 1. The molecule has 0 bridgehead atoms. The molecular formula is C18H21BrN2O. The summed E-state index contributed by atoms with van der Waals surface area (Å²) < 4.78 is 1.06. The molecule has 2 aromatic carbocycles. The average Bonchev–Trinajstić information content (AvgIpc) is 2.49. The molecule has 0 fully saturated rings. The van der Waals surface area contributed by atoms with Crippen molar-refractivity contribution < 1.29 is 4.79 Å². The minimum Gasteiger partial charge on any atom is -0.325 e. The highest BCUT2D eigenvalue weighted by molar-refractivity contribution is 9.10. The Bertz CT molecular complexity index is 625. The standard InChI is InChI=1S/C18H21BrN2O/c1-3-17(14-7-9-15(19)10-8-14)20-12-18(22)21-16-6-4-5-13(2)11-16/h4-11,17,20H,3,12H2,1-2H3,(H,21,22)/t17-/m1/s1. The Hall–Kier alpha value is -1.65. The zero-order chi connectivity index (χ0) is 15.9. The number of hydrogen-bond donors (Lipinski definition) is 2. The summed E-state index contributed by atoms with van der Waals surface area (Å²) in [7, 11) is 0. The molecule has 0 aliphatic rings. The number of nitrogens with one attached hydrogen (secondary N) is 2. The van der Waals surface area contributed by atoms with E-state index in [1.54, 1.807) is 0 Å². The molecule has 1 amide bonds. The van der Waals surface area contributed by atoms with Gasteiger partial charge in [0.05, 0.1) is 6.54 Å².